The highest BCUT2D eigenvalue weighted by Crippen LogP contribution is 2.10. The molecule has 5 heteroatoms. The summed E-state index contributed by atoms with van der Waals surface area (Å²) >= 11 is 0. The summed E-state index contributed by atoms with van der Waals surface area (Å²) in [6, 6.07) is -0.215. The second-order valence-corrected chi connectivity index (χ2v) is 4.94. The lowest BCUT2D eigenvalue weighted by atomic mass is 10.1. The van der Waals surface area contributed by atoms with Crippen molar-refractivity contribution in [2.75, 3.05) is 6.54 Å². The van der Waals surface area contributed by atoms with Gasteiger partial charge in [0.05, 0.1) is 12.1 Å². The molecule has 1 aliphatic heterocycles. The number of carbonyl (C=O) groups is 1. The van der Waals surface area contributed by atoms with E-state index < -0.39 is 17.8 Å². The van der Waals surface area contributed by atoms with Gasteiger partial charge in [0.25, 0.3) is 0 Å². The highest BCUT2D eigenvalue weighted by molar-refractivity contribution is 5.68. The Balaban J connectivity index is 2.44. The molecule has 3 N–H and O–H groups in total. The molecule has 1 rings (SSSR count). The maximum Gasteiger partial charge on any atom is 0.408 e. The molecule has 0 aromatic heterocycles. The van der Waals surface area contributed by atoms with Crippen LogP contribution in [0.1, 0.15) is 27.7 Å². The molecule has 1 heterocycles. The minimum absolute atomic E-state index is 0.0625. The Bertz CT molecular complexity index is 227. The summed E-state index contributed by atoms with van der Waals surface area (Å²) in [5.74, 6) is 0. The van der Waals surface area contributed by atoms with Crippen LogP contribution in [0.5, 0.6) is 0 Å². The molecule has 0 bridgehead atoms. The van der Waals surface area contributed by atoms with Crippen molar-refractivity contribution < 1.29 is 14.6 Å². The standard InChI is InChI=1S/C10H20N2O3/c1-6-8(7(13)5-11-6)12-9(14)15-10(2,3)4/h6-8,11,13H,5H2,1-4H3,(H,12,14). The van der Waals surface area contributed by atoms with Gasteiger partial charge in [0, 0.05) is 12.6 Å². The number of ether oxygens (including phenoxy) is 1. The zero-order valence-electron chi connectivity index (χ0n) is 9.70. The van der Waals surface area contributed by atoms with Crippen molar-refractivity contribution in [1.82, 2.24) is 10.6 Å². The highest BCUT2D eigenvalue weighted by atomic mass is 16.6. The summed E-state index contributed by atoms with van der Waals surface area (Å²) in [6.07, 6.45) is -1.03. The first-order chi connectivity index (χ1) is 6.79. The van der Waals surface area contributed by atoms with Crippen molar-refractivity contribution in [2.45, 2.75) is 51.5 Å². The van der Waals surface area contributed by atoms with Crippen molar-refractivity contribution in [3.05, 3.63) is 0 Å². The van der Waals surface area contributed by atoms with Crippen LogP contribution in [0, 0.1) is 0 Å². The summed E-state index contributed by atoms with van der Waals surface area (Å²) in [4.78, 5) is 11.4. The van der Waals surface area contributed by atoms with Crippen LogP contribution < -0.4 is 10.6 Å². The van der Waals surface area contributed by atoms with Gasteiger partial charge in [-0.25, -0.2) is 4.79 Å². The predicted molar refractivity (Wildman–Crippen MR) is 56.6 cm³/mol. The van der Waals surface area contributed by atoms with Crippen LogP contribution in [0.15, 0.2) is 0 Å². The summed E-state index contributed by atoms with van der Waals surface area (Å²) in [7, 11) is 0. The molecule has 15 heavy (non-hydrogen) atoms. The Hall–Kier alpha value is -0.810. The number of alkyl carbamates (subject to hydrolysis) is 1. The average molecular weight is 216 g/mol. The van der Waals surface area contributed by atoms with Gasteiger partial charge in [-0.2, -0.15) is 0 Å². The van der Waals surface area contributed by atoms with E-state index in [9.17, 15) is 9.90 Å². The smallest absolute Gasteiger partial charge is 0.408 e. The SMILES string of the molecule is CC1NCC(O)C1NC(=O)OC(C)(C)C. The first kappa shape index (κ1) is 12.3. The molecular weight excluding hydrogens is 196 g/mol. The van der Waals surface area contributed by atoms with E-state index in [1.807, 2.05) is 6.92 Å². The molecule has 1 aliphatic rings. The molecule has 1 fully saturated rings. The maximum atomic E-state index is 11.4. The number of rotatable bonds is 1. The van der Waals surface area contributed by atoms with Gasteiger partial charge >= 0.3 is 6.09 Å². The third-order valence-corrected chi connectivity index (χ3v) is 2.29. The van der Waals surface area contributed by atoms with Gasteiger partial charge < -0.3 is 20.5 Å². The Kier molecular flexibility index (Phi) is 3.57. The second-order valence-electron chi connectivity index (χ2n) is 4.94. The van der Waals surface area contributed by atoms with Crippen molar-refractivity contribution >= 4 is 6.09 Å². The van der Waals surface area contributed by atoms with Crippen molar-refractivity contribution in [2.24, 2.45) is 0 Å². The summed E-state index contributed by atoms with van der Waals surface area (Å²) in [6.45, 7) is 7.83. The van der Waals surface area contributed by atoms with Gasteiger partial charge in [0.2, 0.25) is 0 Å². The molecule has 0 aromatic rings. The lowest BCUT2D eigenvalue weighted by molar-refractivity contribution is 0.0449. The van der Waals surface area contributed by atoms with Gasteiger partial charge in [0.1, 0.15) is 5.60 Å². The largest absolute Gasteiger partial charge is 0.444 e. The Morgan fingerprint density at radius 2 is 2.13 bits per heavy atom. The summed E-state index contributed by atoms with van der Waals surface area (Å²) < 4.78 is 5.11. The Morgan fingerprint density at radius 3 is 2.53 bits per heavy atom. The number of aliphatic hydroxyl groups is 1. The first-order valence-electron chi connectivity index (χ1n) is 5.20. The second kappa shape index (κ2) is 4.37. The van der Waals surface area contributed by atoms with Crippen LogP contribution in [0.3, 0.4) is 0 Å². The quantitative estimate of drug-likeness (QED) is 0.587. The van der Waals surface area contributed by atoms with E-state index in [-0.39, 0.29) is 12.1 Å². The summed E-state index contributed by atoms with van der Waals surface area (Å²) in [5.41, 5.74) is -0.510. The molecule has 0 radical (unpaired) electrons. The Morgan fingerprint density at radius 1 is 1.53 bits per heavy atom. The molecule has 0 aliphatic carbocycles. The average Bonchev–Trinajstić information content (AvgIpc) is 2.32. The third kappa shape index (κ3) is 3.68. The first-order valence-corrected chi connectivity index (χ1v) is 5.20. The normalized spacial score (nSPS) is 31.4. The van der Waals surface area contributed by atoms with Crippen LogP contribution in [-0.4, -0.2) is 41.5 Å². The topological polar surface area (TPSA) is 70.6 Å². The minimum atomic E-state index is -0.549. The van der Waals surface area contributed by atoms with Crippen molar-refractivity contribution in [3.8, 4) is 0 Å². The van der Waals surface area contributed by atoms with Crippen LogP contribution in [-0.2, 0) is 4.74 Å². The number of hydrogen-bond donors (Lipinski definition) is 3. The molecule has 1 amide bonds. The molecule has 5 nitrogen and oxygen atoms in total. The number of hydrogen-bond acceptors (Lipinski definition) is 4. The summed E-state index contributed by atoms with van der Waals surface area (Å²) in [5, 5.41) is 15.3. The Labute approximate surface area is 90.2 Å². The molecular formula is C10H20N2O3. The highest BCUT2D eigenvalue weighted by Gasteiger charge is 2.33. The fourth-order valence-corrected chi connectivity index (χ4v) is 1.56. The molecule has 1 saturated heterocycles. The van der Waals surface area contributed by atoms with E-state index in [1.165, 1.54) is 0 Å². The lowest BCUT2D eigenvalue weighted by Gasteiger charge is -2.24. The molecule has 0 saturated carbocycles. The van der Waals surface area contributed by atoms with Crippen molar-refractivity contribution in [3.63, 3.8) is 0 Å². The van der Waals surface area contributed by atoms with Gasteiger partial charge in [-0.1, -0.05) is 0 Å². The number of carbonyl (C=O) groups excluding carboxylic acids is 1. The molecule has 0 aromatic carbocycles. The fourth-order valence-electron chi connectivity index (χ4n) is 1.56. The van der Waals surface area contributed by atoms with E-state index in [0.717, 1.165) is 0 Å². The van der Waals surface area contributed by atoms with E-state index in [1.54, 1.807) is 20.8 Å². The van der Waals surface area contributed by atoms with Crippen LogP contribution in [0.4, 0.5) is 4.79 Å². The van der Waals surface area contributed by atoms with Gasteiger partial charge in [-0.15, -0.1) is 0 Å². The van der Waals surface area contributed by atoms with E-state index in [4.69, 9.17) is 4.74 Å². The maximum absolute atomic E-state index is 11.4. The van der Waals surface area contributed by atoms with Gasteiger partial charge in [-0.05, 0) is 27.7 Å². The van der Waals surface area contributed by atoms with E-state index >= 15 is 0 Å². The fraction of sp³-hybridized carbons (Fsp3) is 0.900. The third-order valence-electron chi connectivity index (χ3n) is 2.29. The monoisotopic (exact) mass is 216 g/mol. The minimum Gasteiger partial charge on any atom is -0.444 e. The molecule has 3 atom stereocenters. The van der Waals surface area contributed by atoms with Gasteiger partial charge in [0.15, 0.2) is 0 Å². The molecule has 88 valence electrons. The predicted octanol–water partition coefficient (Wildman–Crippen LogP) is 0.232. The number of aliphatic hydroxyl groups excluding tert-OH is 1. The lowest BCUT2D eigenvalue weighted by Crippen LogP contribution is -2.48. The zero-order chi connectivity index (χ0) is 11.6. The number of amides is 1. The van der Waals surface area contributed by atoms with E-state index in [2.05, 4.69) is 10.6 Å². The zero-order valence-corrected chi connectivity index (χ0v) is 9.70. The van der Waals surface area contributed by atoms with Crippen LogP contribution in [0.2, 0.25) is 0 Å². The number of β-amino-alcohol motifs (C(OH)–C–C–N with tert-alkyl or cyclic N) is 1. The van der Waals surface area contributed by atoms with Crippen LogP contribution >= 0.6 is 0 Å². The molecule has 0 spiro atoms. The number of nitrogens with one attached hydrogen (secondary N) is 2. The van der Waals surface area contributed by atoms with Crippen molar-refractivity contribution in [1.29, 1.82) is 0 Å². The van der Waals surface area contributed by atoms with Gasteiger partial charge in [-0.3, -0.25) is 0 Å². The molecule has 3 unspecified atom stereocenters. The van der Waals surface area contributed by atoms with E-state index in [0.29, 0.717) is 6.54 Å². The van der Waals surface area contributed by atoms with Crippen LogP contribution in [0.25, 0.3) is 0 Å².